The van der Waals surface area contributed by atoms with E-state index in [-0.39, 0.29) is 42.8 Å². The molecule has 0 aromatic heterocycles. The molecule has 6 rings (SSSR count). The van der Waals surface area contributed by atoms with E-state index in [4.69, 9.17) is 9.47 Å². The molecule has 8 atom stereocenters. The minimum atomic E-state index is -1.36. The zero-order chi connectivity index (χ0) is 36.3. The quantitative estimate of drug-likeness (QED) is 0.123. The number of rotatable bonds is 15. The van der Waals surface area contributed by atoms with Crippen LogP contribution >= 0.6 is 15.9 Å². The molecule has 10 nitrogen and oxygen atoms in total. The molecule has 0 saturated carbocycles. The van der Waals surface area contributed by atoms with Crippen molar-refractivity contribution in [1.29, 1.82) is 0 Å². The summed E-state index contributed by atoms with van der Waals surface area (Å²) in [6, 6.07) is 20.9. The second-order valence-electron chi connectivity index (χ2n) is 13.4. The molecule has 2 N–H and O–H groups in total. The SMILES string of the molecule is C=CCCC(=O)NC[C@H](OC(=O)[C@H]1[C@@H]2O[C@@]3(CC2Br)[C@@H]1C(=O)N([C@@H](CC)CO)[C@@H]3C(=O)N(CC=C)c1ccc2ccccc2c1)c1ccccc1. The van der Waals surface area contributed by atoms with Gasteiger partial charge in [-0.2, -0.15) is 0 Å². The van der Waals surface area contributed by atoms with Gasteiger partial charge in [0.1, 0.15) is 17.7 Å². The highest BCUT2D eigenvalue weighted by Crippen LogP contribution is 2.61. The summed E-state index contributed by atoms with van der Waals surface area (Å²) in [4.78, 5) is 59.3. The molecule has 1 spiro atoms. The lowest BCUT2D eigenvalue weighted by Crippen LogP contribution is -2.59. The van der Waals surface area contributed by atoms with Crippen LogP contribution in [0.4, 0.5) is 5.69 Å². The Morgan fingerprint density at radius 3 is 2.51 bits per heavy atom. The molecule has 3 aromatic carbocycles. The van der Waals surface area contributed by atoms with Crippen molar-refractivity contribution >= 4 is 56.1 Å². The number of esters is 1. The first-order valence-electron chi connectivity index (χ1n) is 17.5. The van der Waals surface area contributed by atoms with Crippen LogP contribution in [0, 0.1) is 11.8 Å². The number of anilines is 1. The molecule has 3 aromatic rings. The number of carbonyl (C=O) groups is 4. The predicted octanol–water partition coefficient (Wildman–Crippen LogP) is 5.24. The highest BCUT2D eigenvalue weighted by molar-refractivity contribution is 9.09. The lowest BCUT2D eigenvalue weighted by Gasteiger charge is -2.39. The van der Waals surface area contributed by atoms with Gasteiger partial charge in [-0.1, -0.05) is 95.7 Å². The van der Waals surface area contributed by atoms with Crippen molar-refractivity contribution in [1.82, 2.24) is 10.2 Å². The fourth-order valence-corrected chi connectivity index (χ4v) is 8.95. The molecule has 0 aliphatic carbocycles. The molecule has 3 aliphatic rings. The molecule has 3 fully saturated rings. The number of carbonyl (C=O) groups excluding carboxylic acids is 4. The second kappa shape index (κ2) is 15.5. The number of alkyl halides is 1. The van der Waals surface area contributed by atoms with Gasteiger partial charge < -0.3 is 29.7 Å². The average molecular weight is 759 g/mol. The number of nitrogens with zero attached hydrogens (tertiary/aromatic N) is 2. The Hall–Kier alpha value is -4.32. The van der Waals surface area contributed by atoms with Crippen molar-refractivity contribution in [3.63, 3.8) is 0 Å². The summed E-state index contributed by atoms with van der Waals surface area (Å²) in [6.07, 6.45) is 3.15. The second-order valence-corrected chi connectivity index (χ2v) is 14.6. The summed E-state index contributed by atoms with van der Waals surface area (Å²) >= 11 is 3.73. The first-order chi connectivity index (χ1) is 24.7. The molecule has 3 aliphatic heterocycles. The monoisotopic (exact) mass is 757 g/mol. The molecule has 268 valence electrons. The molecule has 3 amide bonds. The van der Waals surface area contributed by atoms with E-state index in [0.717, 1.165) is 10.8 Å². The van der Waals surface area contributed by atoms with Crippen molar-refractivity contribution < 1.29 is 33.8 Å². The van der Waals surface area contributed by atoms with Gasteiger partial charge in [0.25, 0.3) is 5.91 Å². The van der Waals surface area contributed by atoms with Crippen molar-refractivity contribution in [3.05, 3.63) is 104 Å². The molecular formula is C40H44BrN3O7. The summed E-state index contributed by atoms with van der Waals surface area (Å²) in [5.41, 5.74) is -0.0580. The summed E-state index contributed by atoms with van der Waals surface area (Å²) < 4.78 is 12.9. The zero-order valence-electron chi connectivity index (χ0n) is 28.7. The number of allylic oxidation sites excluding steroid dienone is 1. The van der Waals surface area contributed by atoms with E-state index < -0.39 is 53.6 Å². The Morgan fingerprint density at radius 2 is 1.82 bits per heavy atom. The summed E-state index contributed by atoms with van der Waals surface area (Å²) in [7, 11) is 0. The number of fused-ring (bicyclic) bond motifs is 2. The van der Waals surface area contributed by atoms with E-state index in [1.165, 1.54) is 4.90 Å². The molecule has 3 saturated heterocycles. The maximum Gasteiger partial charge on any atom is 0.313 e. The van der Waals surface area contributed by atoms with E-state index in [1.54, 1.807) is 17.1 Å². The largest absolute Gasteiger partial charge is 0.455 e. The highest BCUT2D eigenvalue weighted by atomic mass is 79.9. The fraction of sp³-hybridized carbons (Fsp3) is 0.400. The Morgan fingerprint density at radius 1 is 1.10 bits per heavy atom. The summed E-state index contributed by atoms with van der Waals surface area (Å²) in [6.45, 7) is 9.24. The van der Waals surface area contributed by atoms with Crippen LogP contribution in [0.5, 0.6) is 0 Å². The van der Waals surface area contributed by atoms with Gasteiger partial charge in [-0.25, -0.2) is 0 Å². The average Bonchev–Trinajstić information content (AvgIpc) is 3.75. The Labute approximate surface area is 306 Å². The topological polar surface area (TPSA) is 125 Å². The number of hydrogen-bond acceptors (Lipinski definition) is 7. The molecule has 1 unspecified atom stereocenters. The standard InChI is InChI=1S/C40H44BrN3O7/c1-4-7-17-32(46)42-23-31(26-14-9-8-10-15-26)50-39(49)33-34-37(47)44(28(6-3)24-45)36(40(34)22-30(41)35(33)51-40)38(48)43(20-5-2)29-19-18-25-13-11-12-16-27(25)21-29/h4-5,8-16,18-19,21,28,30-31,33-36,45H,1-2,6-7,17,20,22-24H2,3H3,(H,42,46)/t28-,30?,31-,33+,34-,35+,36+,40-/m0/s1. The number of ether oxygens (including phenoxy) is 2. The van der Waals surface area contributed by atoms with E-state index >= 15 is 4.79 Å². The van der Waals surface area contributed by atoms with Crippen molar-refractivity contribution in [3.8, 4) is 0 Å². The number of halogens is 1. The van der Waals surface area contributed by atoms with Gasteiger partial charge in [-0.15, -0.1) is 13.2 Å². The minimum absolute atomic E-state index is 0.0311. The molecule has 51 heavy (non-hydrogen) atoms. The normalized spacial score (nSPS) is 26.0. The molecule has 2 bridgehead atoms. The van der Waals surface area contributed by atoms with Crippen LogP contribution in [0.3, 0.4) is 0 Å². The van der Waals surface area contributed by atoms with Gasteiger partial charge in [0.05, 0.1) is 37.1 Å². The van der Waals surface area contributed by atoms with Gasteiger partial charge in [-0.3, -0.25) is 19.2 Å². The summed E-state index contributed by atoms with van der Waals surface area (Å²) in [5, 5.41) is 15.3. The van der Waals surface area contributed by atoms with Crippen LogP contribution in [0.15, 0.2) is 98.1 Å². The number of likely N-dealkylation sites (tertiary alicyclic amines) is 1. The van der Waals surface area contributed by atoms with E-state index in [1.807, 2.05) is 79.7 Å². The van der Waals surface area contributed by atoms with Crippen LogP contribution in [0.25, 0.3) is 10.8 Å². The van der Waals surface area contributed by atoms with Gasteiger partial charge >= 0.3 is 5.97 Å². The van der Waals surface area contributed by atoms with Crippen molar-refractivity contribution in [2.24, 2.45) is 11.8 Å². The van der Waals surface area contributed by atoms with Gasteiger partial charge in [0.2, 0.25) is 11.8 Å². The van der Waals surface area contributed by atoms with Crippen LogP contribution in [0.1, 0.15) is 44.3 Å². The first kappa shape index (κ1) is 36.5. The van der Waals surface area contributed by atoms with Crippen LogP contribution in [0.2, 0.25) is 0 Å². The lowest BCUT2D eigenvalue weighted by molar-refractivity contribution is -0.160. The fourth-order valence-electron chi connectivity index (χ4n) is 8.01. The number of nitrogens with one attached hydrogen (secondary N) is 1. The smallest absolute Gasteiger partial charge is 0.313 e. The minimum Gasteiger partial charge on any atom is -0.455 e. The van der Waals surface area contributed by atoms with Crippen molar-refractivity contribution in [2.45, 2.75) is 67.3 Å². The Balaban J connectivity index is 1.36. The molecule has 3 heterocycles. The van der Waals surface area contributed by atoms with E-state index in [0.29, 0.717) is 30.5 Å². The third-order valence-electron chi connectivity index (χ3n) is 10.4. The number of hydrogen-bond donors (Lipinski definition) is 2. The Bertz CT molecular complexity index is 1800. The highest BCUT2D eigenvalue weighted by Gasteiger charge is 2.77. The van der Waals surface area contributed by atoms with Crippen LogP contribution in [-0.2, 0) is 28.7 Å². The molecule has 0 radical (unpaired) electrons. The Kier molecular flexibility index (Phi) is 11.1. The molecular weight excluding hydrogens is 714 g/mol. The lowest BCUT2D eigenvalue weighted by atomic mass is 9.70. The van der Waals surface area contributed by atoms with E-state index in [9.17, 15) is 19.5 Å². The number of aliphatic hydroxyl groups excluding tert-OH is 1. The molecule has 11 heteroatoms. The third kappa shape index (κ3) is 6.74. The third-order valence-corrected chi connectivity index (χ3v) is 11.3. The number of amides is 3. The predicted molar refractivity (Wildman–Crippen MR) is 198 cm³/mol. The maximum atomic E-state index is 15.0. The zero-order valence-corrected chi connectivity index (χ0v) is 30.2. The number of aliphatic hydroxyl groups is 1. The van der Waals surface area contributed by atoms with Crippen molar-refractivity contribution in [2.75, 3.05) is 24.6 Å². The first-order valence-corrected chi connectivity index (χ1v) is 18.4. The van der Waals surface area contributed by atoms with Gasteiger partial charge in [-0.05, 0) is 47.7 Å². The van der Waals surface area contributed by atoms with Gasteiger partial charge in [0.15, 0.2) is 0 Å². The van der Waals surface area contributed by atoms with Crippen LogP contribution in [-0.4, -0.2) is 82.0 Å². The van der Waals surface area contributed by atoms with Gasteiger partial charge in [0, 0.05) is 23.5 Å². The van der Waals surface area contributed by atoms with E-state index in [2.05, 4.69) is 34.4 Å². The number of benzene rings is 3. The summed E-state index contributed by atoms with van der Waals surface area (Å²) in [5.74, 6) is -3.73. The maximum absolute atomic E-state index is 15.0. The van der Waals surface area contributed by atoms with Crippen LogP contribution < -0.4 is 10.2 Å².